The second-order valence-electron chi connectivity index (χ2n) is 11.3. The number of carboxylic acid groups (broad SMARTS) is 1. The van der Waals surface area contributed by atoms with E-state index in [2.05, 4.69) is 5.32 Å². The second-order valence-corrected chi connectivity index (χ2v) is 11.3. The Kier molecular flexibility index (Phi) is 8.29. The number of carbonyl (C=O) groups excluding carboxylic acids is 3. The normalized spacial score (nSPS) is 17.0. The summed E-state index contributed by atoms with van der Waals surface area (Å²) in [6, 6.07) is 8.43. The van der Waals surface area contributed by atoms with Crippen molar-refractivity contribution in [3.8, 4) is 11.5 Å². The lowest BCUT2D eigenvalue weighted by atomic mass is 9.61. The van der Waals surface area contributed by atoms with E-state index in [1.54, 1.807) is 0 Å². The van der Waals surface area contributed by atoms with Crippen LogP contribution in [0.3, 0.4) is 0 Å². The molecule has 0 radical (unpaired) electrons. The molecule has 3 aromatic carbocycles. The molecule has 0 bridgehead atoms. The Hall–Kier alpha value is -4.81. The van der Waals surface area contributed by atoms with Crippen LogP contribution in [0.5, 0.6) is 11.5 Å². The predicted octanol–water partition coefficient (Wildman–Crippen LogP) is 7.46. The Morgan fingerprint density at radius 2 is 1.59 bits per heavy atom. The summed E-state index contributed by atoms with van der Waals surface area (Å²) in [4.78, 5) is 52.5. The number of Topliss-reactive ketones (excluding diaryl/α,β-unsaturated/α-hetero) is 1. The molecule has 3 aromatic rings. The van der Waals surface area contributed by atoms with E-state index >= 15 is 4.39 Å². The second kappa shape index (κ2) is 11.4. The first-order valence-corrected chi connectivity index (χ1v) is 13.2. The largest absolute Gasteiger partial charge is 0.465 e. The number of nitrogens with zero attached hydrogens (tertiary/aromatic N) is 1. The highest BCUT2D eigenvalue weighted by Crippen LogP contribution is 2.49. The average molecular weight is 619 g/mol. The molecule has 1 aliphatic rings. The Bertz CT molecular complexity index is 1680. The number of carbonyl (C=O) groups is 4. The van der Waals surface area contributed by atoms with E-state index in [1.165, 1.54) is 33.8 Å². The number of aryl methyl sites for hydroxylation is 1. The summed E-state index contributed by atoms with van der Waals surface area (Å²) in [6.07, 6.45) is -6.61. The number of alkyl halides is 3. The fourth-order valence-electron chi connectivity index (χ4n) is 5.17. The molecule has 8 nitrogen and oxygen atoms in total. The van der Waals surface area contributed by atoms with E-state index in [0.717, 1.165) is 36.4 Å². The minimum absolute atomic E-state index is 0.0685. The van der Waals surface area contributed by atoms with Crippen LogP contribution >= 0.6 is 0 Å². The fraction of sp³-hybridized carbons (Fsp3) is 0.290. The van der Waals surface area contributed by atoms with Crippen LogP contribution < -0.4 is 10.1 Å². The van der Waals surface area contributed by atoms with E-state index in [0.29, 0.717) is 22.6 Å². The minimum atomic E-state index is -4.83. The van der Waals surface area contributed by atoms with Crippen LogP contribution in [0.4, 0.5) is 32.4 Å². The van der Waals surface area contributed by atoms with Crippen LogP contribution in [-0.2, 0) is 11.0 Å². The summed E-state index contributed by atoms with van der Waals surface area (Å²) in [7, 11) is 0. The van der Waals surface area contributed by atoms with E-state index < -0.39 is 69.0 Å². The van der Waals surface area contributed by atoms with Crippen LogP contribution in [0.2, 0.25) is 0 Å². The lowest BCUT2D eigenvalue weighted by Crippen LogP contribution is -2.50. The molecular weight excluding hydrogens is 591 g/mol. The maximum Gasteiger partial charge on any atom is 0.416 e. The molecular formula is C31H27F5N2O6. The highest BCUT2D eigenvalue weighted by atomic mass is 19.4. The smallest absolute Gasteiger partial charge is 0.416 e. The maximum absolute atomic E-state index is 15.1. The van der Waals surface area contributed by atoms with Crippen molar-refractivity contribution in [2.45, 2.75) is 40.3 Å². The molecule has 1 atom stereocenters. The fourth-order valence-corrected chi connectivity index (χ4v) is 5.17. The summed E-state index contributed by atoms with van der Waals surface area (Å²) < 4.78 is 74.9. The zero-order chi connectivity index (χ0) is 32.8. The van der Waals surface area contributed by atoms with Crippen LogP contribution in [0.15, 0.2) is 54.6 Å². The monoisotopic (exact) mass is 618 g/mol. The van der Waals surface area contributed by atoms with Crippen molar-refractivity contribution in [2.75, 3.05) is 11.9 Å². The molecule has 4 rings (SSSR count). The van der Waals surface area contributed by atoms with Gasteiger partial charge in [-0.25, -0.2) is 18.5 Å². The highest BCUT2D eigenvalue weighted by Gasteiger charge is 2.61. The third-order valence-corrected chi connectivity index (χ3v) is 7.60. The first kappa shape index (κ1) is 32.1. The number of imide groups is 1. The van der Waals surface area contributed by atoms with Gasteiger partial charge in [0.25, 0.3) is 5.91 Å². The van der Waals surface area contributed by atoms with Crippen molar-refractivity contribution in [2.24, 2.45) is 10.8 Å². The number of nitrogens with one attached hydrogen (secondary N) is 1. The number of likely N-dealkylation sites (tertiary alicyclic amines) is 1. The van der Waals surface area contributed by atoms with E-state index in [9.17, 15) is 41.8 Å². The summed E-state index contributed by atoms with van der Waals surface area (Å²) in [5, 5.41) is 11.8. The zero-order valence-corrected chi connectivity index (χ0v) is 23.9. The number of halogens is 5. The third kappa shape index (κ3) is 5.86. The number of anilines is 1. The van der Waals surface area contributed by atoms with E-state index in [-0.39, 0.29) is 30.2 Å². The summed E-state index contributed by atoms with van der Waals surface area (Å²) in [6.45, 7) is 5.82. The van der Waals surface area contributed by atoms with E-state index in [4.69, 9.17) is 4.74 Å². The number of ketones is 1. The molecule has 3 amide bonds. The van der Waals surface area contributed by atoms with Gasteiger partial charge in [0.05, 0.1) is 16.7 Å². The van der Waals surface area contributed by atoms with Gasteiger partial charge in [0.2, 0.25) is 5.91 Å². The van der Waals surface area contributed by atoms with Gasteiger partial charge in [0, 0.05) is 12.2 Å². The van der Waals surface area contributed by atoms with Crippen molar-refractivity contribution in [1.29, 1.82) is 0 Å². The molecule has 1 fully saturated rings. The summed E-state index contributed by atoms with van der Waals surface area (Å²) in [5.74, 6) is -5.02. The van der Waals surface area contributed by atoms with Crippen LogP contribution in [0.25, 0.3) is 0 Å². The Labute approximate surface area is 248 Å². The van der Waals surface area contributed by atoms with Gasteiger partial charge in [-0.15, -0.1) is 0 Å². The first-order chi connectivity index (χ1) is 20.4. The number of ether oxygens (including phenoxy) is 1. The quantitative estimate of drug-likeness (QED) is 0.168. The third-order valence-electron chi connectivity index (χ3n) is 7.60. The van der Waals surface area contributed by atoms with Crippen LogP contribution in [0, 0.1) is 29.4 Å². The van der Waals surface area contributed by atoms with E-state index in [1.807, 2.05) is 0 Å². The van der Waals surface area contributed by atoms with Crippen LogP contribution in [0.1, 0.15) is 59.0 Å². The molecule has 0 saturated carbocycles. The van der Waals surface area contributed by atoms with Gasteiger partial charge in [-0.1, -0.05) is 20.8 Å². The molecule has 1 heterocycles. The maximum atomic E-state index is 15.1. The molecule has 232 valence electrons. The van der Waals surface area contributed by atoms with Crippen molar-refractivity contribution in [3.05, 3.63) is 88.5 Å². The average Bonchev–Trinajstić information content (AvgIpc) is 3.28. The van der Waals surface area contributed by atoms with Gasteiger partial charge in [-0.3, -0.25) is 14.4 Å². The standard InChI is InChI=1S/C31H27F5N2O6/c1-16-13-18(32)6-10-23(16)44-24-9-5-17(31(34,35)36)14-21(24)26(40)37-19-7-8-22(33)20(15-19)25(39)30(29(2,3)4)11-12-38(27(30)41)28(42)43/h5-10,13-15H,11-12H2,1-4H3,(H,37,40)(H,42,43). The van der Waals surface area contributed by atoms with Crippen molar-refractivity contribution in [3.63, 3.8) is 0 Å². The number of hydrogen-bond donors (Lipinski definition) is 2. The van der Waals surface area contributed by atoms with Gasteiger partial charge in [-0.05, 0) is 78.9 Å². The molecule has 13 heteroatoms. The Balaban J connectivity index is 1.73. The number of rotatable bonds is 6. The number of benzene rings is 3. The number of hydrogen-bond acceptors (Lipinski definition) is 5. The van der Waals surface area contributed by atoms with Crippen molar-refractivity contribution < 1.29 is 51.0 Å². The van der Waals surface area contributed by atoms with Gasteiger partial charge in [-0.2, -0.15) is 13.2 Å². The molecule has 1 saturated heterocycles. The SMILES string of the molecule is Cc1cc(F)ccc1Oc1ccc(C(F)(F)F)cc1C(=O)Nc1ccc(F)c(C(=O)C2(C(C)(C)C)CCN(C(=O)O)C2=O)c1. The number of amides is 3. The van der Waals surface area contributed by atoms with Gasteiger partial charge in [0.15, 0.2) is 5.78 Å². The van der Waals surface area contributed by atoms with Gasteiger partial charge in [0.1, 0.15) is 28.5 Å². The summed E-state index contributed by atoms with van der Waals surface area (Å²) in [5.41, 5.74) is -5.38. The Morgan fingerprint density at radius 3 is 2.16 bits per heavy atom. The van der Waals surface area contributed by atoms with Gasteiger partial charge >= 0.3 is 12.3 Å². The predicted molar refractivity (Wildman–Crippen MR) is 148 cm³/mol. The zero-order valence-electron chi connectivity index (χ0n) is 23.9. The lowest BCUT2D eigenvalue weighted by Gasteiger charge is -2.38. The lowest BCUT2D eigenvalue weighted by molar-refractivity contribution is -0.138. The molecule has 0 aliphatic carbocycles. The Morgan fingerprint density at radius 1 is 0.932 bits per heavy atom. The highest BCUT2D eigenvalue weighted by molar-refractivity contribution is 6.18. The van der Waals surface area contributed by atoms with Gasteiger partial charge < -0.3 is 15.2 Å². The molecule has 0 aromatic heterocycles. The minimum Gasteiger partial charge on any atom is -0.465 e. The molecule has 2 N–H and O–H groups in total. The van der Waals surface area contributed by atoms with Crippen molar-refractivity contribution >= 4 is 29.4 Å². The first-order valence-electron chi connectivity index (χ1n) is 13.2. The molecule has 0 spiro atoms. The van der Waals surface area contributed by atoms with Crippen molar-refractivity contribution in [1.82, 2.24) is 4.90 Å². The molecule has 1 unspecified atom stereocenters. The van der Waals surface area contributed by atoms with Crippen LogP contribution in [-0.4, -0.2) is 40.2 Å². The summed E-state index contributed by atoms with van der Waals surface area (Å²) >= 11 is 0. The molecule has 1 aliphatic heterocycles. The topological polar surface area (TPSA) is 113 Å². The molecule has 44 heavy (non-hydrogen) atoms.